The van der Waals surface area contributed by atoms with Gasteiger partial charge >= 0.3 is 0 Å². The van der Waals surface area contributed by atoms with Crippen LogP contribution in [0.25, 0.3) is 0 Å². The number of likely N-dealkylation sites (tertiary alicyclic amines) is 1. The summed E-state index contributed by atoms with van der Waals surface area (Å²) in [6.07, 6.45) is 2.41. The molecule has 0 unspecified atom stereocenters. The summed E-state index contributed by atoms with van der Waals surface area (Å²) in [5.74, 6) is 0.612. The van der Waals surface area contributed by atoms with Crippen molar-refractivity contribution < 1.29 is 19.1 Å². The number of carbonyl (C=O) groups excluding carboxylic acids is 2. The molecular weight excluding hydrogens is 426 g/mol. The number of nitrogens with zero attached hydrogens (tertiary/aromatic N) is 3. The van der Waals surface area contributed by atoms with E-state index in [-0.39, 0.29) is 23.8 Å². The smallest absolute Gasteiger partial charge is 0.265 e. The van der Waals surface area contributed by atoms with Crippen LogP contribution < -0.4 is 4.74 Å². The molecule has 4 rings (SSSR count). The van der Waals surface area contributed by atoms with Crippen molar-refractivity contribution in [1.29, 1.82) is 0 Å². The van der Waals surface area contributed by atoms with E-state index >= 15 is 0 Å². The van der Waals surface area contributed by atoms with E-state index in [2.05, 4.69) is 4.98 Å². The highest BCUT2D eigenvalue weighted by atomic mass is 35.5. The molecule has 0 spiro atoms. The molecule has 0 saturated carbocycles. The summed E-state index contributed by atoms with van der Waals surface area (Å²) in [5, 5.41) is 0.603. The summed E-state index contributed by atoms with van der Waals surface area (Å²) in [4.78, 5) is 34.0. The molecule has 3 heterocycles. The molecule has 0 radical (unpaired) electrons. The average molecular weight is 450 g/mol. The lowest BCUT2D eigenvalue weighted by atomic mass is 9.90. The maximum absolute atomic E-state index is 12.9. The van der Waals surface area contributed by atoms with Crippen molar-refractivity contribution >= 4 is 34.8 Å². The lowest BCUT2D eigenvalue weighted by molar-refractivity contribution is -0.137. The molecule has 1 aromatic heterocycles. The van der Waals surface area contributed by atoms with Crippen molar-refractivity contribution in [3.05, 3.63) is 45.9 Å². The van der Waals surface area contributed by atoms with Crippen LogP contribution in [0.15, 0.2) is 36.0 Å². The molecule has 7 nitrogen and oxygen atoms in total. The zero-order valence-electron chi connectivity index (χ0n) is 16.5. The number of piperidine rings is 1. The Labute approximate surface area is 184 Å². The van der Waals surface area contributed by atoms with Crippen LogP contribution in [0, 0.1) is 5.92 Å². The van der Waals surface area contributed by atoms with E-state index in [0.29, 0.717) is 67.9 Å². The van der Waals surface area contributed by atoms with Crippen molar-refractivity contribution in [2.24, 2.45) is 5.92 Å². The molecule has 2 aromatic rings. The quantitative estimate of drug-likeness (QED) is 0.701. The number of halogens is 1. The maximum atomic E-state index is 12.9. The normalized spacial score (nSPS) is 22.0. The van der Waals surface area contributed by atoms with Gasteiger partial charge in [0.15, 0.2) is 0 Å². The lowest BCUT2D eigenvalue weighted by Crippen LogP contribution is -2.50. The van der Waals surface area contributed by atoms with E-state index in [1.54, 1.807) is 23.8 Å². The molecule has 2 amide bonds. The van der Waals surface area contributed by atoms with Crippen LogP contribution in [0.5, 0.6) is 5.75 Å². The van der Waals surface area contributed by atoms with Gasteiger partial charge in [-0.15, -0.1) is 11.3 Å². The van der Waals surface area contributed by atoms with Crippen molar-refractivity contribution in [3.8, 4) is 5.75 Å². The van der Waals surface area contributed by atoms with Gasteiger partial charge in [0.05, 0.1) is 24.9 Å². The lowest BCUT2D eigenvalue weighted by Gasteiger charge is -2.39. The van der Waals surface area contributed by atoms with Crippen LogP contribution >= 0.6 is 22.9 Å². The second-order valence-electron chi connectivity index (χ2n) is 7.48. The van der Waals surface area contributed by atoms with E-state index in [0.717, 1.165) is 0 Å². The van der Waals surface area contributed by atoms with Crippen molar-refractivity contribution in [1.82, 2.24) is 14.8 Å². The highest BCUT2D eigenvalue weighted by Crippen LogP contribution is 2.29. The molecule has 0 aliphatic carbocycles. The van der Waals surface area contributed by atoms with Gasteiger partial charge in [-0.25, -0.2) is 0 Å². The Balaban J connectivity index is 1.48. The molecule has 30 heavy (non-hydrogen) atoms. The topological polar surface area (TPSA) is 72.0 Å². The van der Waals surface area contributed by atoms with Crippen LogP contribution in [0.3, 0.4) is 0 Å². The molecule has 2 saturated heterocycles. The standard InChI is InChI=1S/C21H24ClN3O4S/c22-16-2-1-3-17(11-16)29-18-4-5-25(21(27)19-12-23-14-30-19)13-15(18)10-20(26)24-6-8-28-9-7-24/h1-3,11-12,14-15,18H,4-10,13H2/t15-,18-/m0/s1. The van der Waals surface area contributed by atoms with Crippen LogP contribution in [0.2, 0.25) is 5.02 Å². The van der Waals surface area contributed by atoms with Gasteiger partial charge in [-0.3, -0.25) is 14.6 Å². The molecule has 160 valence electrons. The second-order valence-corrected chi connectivity index (χ2v) is 8.80. The summed E-state index contributed by atoms with van der Waals surface area (Å²) < 4.78 is 11.6. The molecule has 2 atom stereocenters. The number of morpholine rings is 1. The molecule has 2 aliphatic rings. The molecule has 9 heteroatoms. The largest absolute Gasteiger partial charge is 0.490 e. The summed E-state index contributed by atoms with van der Waals surface area (Å²) in [5.41, 5.74) is 1.65. The van der Waals surface area contributed by atoms with Gasteiger partial charge in [-0.2, -0.15) is 0 Å². The first-order chi connectivity index (χ1) is 14.6. The number of amides is 2. The molecule has 0 N–H and O–H groups in total. The minimum Gasteiger partial charge on any atom is -0.490 e. The van der Waals surface area contributed by atoms with Crippen LogP contribution in [-0.2, 0) is 9.53 Å². The number of aromatic nitrogens is 1. The van der Waals surface area contributed by atoms with Crippen LogP contribution in [0.1, 0.15) is 22.5 Å². The number of hydrogen-bond acceptors (Lipinski definition) is 6. The van der Waals surface area contributed by atoms with E-state index < -0.39 is 0 Å². The predicted octanol–water partition coefficient (Wildman–Crippen LogP) is 2.96. The van der Waals surface area contributed by atoms with Gasteiger partial charge in [-0.05, 0) is 18.2 Å². The average Bonchev–Trinajstić information content (AvgIpc) is 3.30. The zero-order chi connectivity index (χ0) is 20.9. The summed E-state index contributed by atoms with van der Waals surface area (Å²) >= 11 is 7.43. The van der Waals surface area contributed by atoms with Gasteiger partial charge in [-0.1, -0.05) is 17.7 Å². The number of hydrogen-bond donors (Lipinski definition) is 0. The third kappa shape index (κ3) is 5.11. The Morgan fingerprint density at radius 2 is 2.07 bits per heavy atom. The number of ether oxygens (including phenoxy) is 2. The van der Waals surface area contributed by atoms with Gasteiger partial charge in [0.2, 0.25) is 5.91 Å². The summed E-state index contributed by atoms with van der Waals surface area (Å²) in [7, 11) is 0. The fraction of sp³-hybridized carbons (Fsp3) is 0.476. The molecule has 2 fully saturated rings. The Morgan fingerprint density at radius 3 is 2.80 bits per heavy atom. The first-order valence-electron chi connectivity index (χ1n) is 10.1. The third-order valence-corrected chi connectivity index (χ3v) is 6.47. The number of benzene rings is 1. The Kier molecular flexibility index (Phi) is 6.86. The van der Waals surface area contributed by atoms with E-state index in [1.165, 1.54) is 11.3 Å². The summed E-state index contributed by atoms with van der Waals surface area (Å²) in [6, 6.07) is 7.27. The van der Waals surface area contributed by atoms with Crippen molar-refractivity contribution in [3.63, 3.8) is 0 Å². The third-order valence-electron chi connectivity index (χ3n) is 5.48. The highest BCUT2D eigenvalue weighted by Gasteiger charge is 2.36. The maximum Gasteiger partial charge on any atom is 0.265 e. The van der Waals surface area contributed by atoms with Gasteiger partial charge < -0.3 is 19.3 Å². The van der Waals surface area contributed by atoms with E-state index in [9.17, 15) is 9.59 Å². The van der Waals surface area contributed by atoms with Crippen molar-refractivity contribution in [2.75, 3.05) is 39.4 Å². The van der Waals surface area contributed by atoms with Crippen LogP contribution in [-0.4, -0.2) is 72.1 Å². The number of carbonyl (C=O) groups is 2. The molecular formula is C21H24ClN3O4S. The van der Waals surface area contributed by atoms with Gasteiger partial charge in [0.1, 0.15) is 16.7 Å². The van der Waals surface area contributed by atoms with Crippen LogP contribution in [0.4, 0.5) is 0 Å². The predicted molar refractivity (Wildman–Crippen MR) is 114 cm³/mol. The molecule has 1 aromatic carbocycles. The van der Waals surface area contributed by atoms with E-state index in [4.69, 9.17) is 21.1 Å². The molecule has 0 bridgehead atoms. The van der Waals surface area contributed by atoms with Gasteiger partial charge in [0, 0.05) is 50.0 Å². The first kappa shape index (κ1) is 21.1. The zero-order valence-corrected chi connectivity index (χ0v) is 18.1. The SMILES string of the molecule is O=C(C[C@H]1CN(C(=O)c2cncs2)CC[C@@H]1Oc1cccc(Cl)c1)N1CCOCC1. The molecule has 2 aliphatic heterocycles. The highest BCUT2D eigenvalue weighted by molar-refractivity contribution is 7.11. The Hall–Kier alpha value is -2.16. The van der Waals surface area contributed by atoms with Crippen molar-refractivity contribution in [2.45, 2.75) is 18.9 Å². The second kappa shape index (κ2) is 9.76. The number of rotatable bonds is 5. The van der Waals surface area contributed by atoms with Gasteiger partial charge in [0.25, 0.3) is 5.91 Å². The fourth-order valence-electron chi connectivity index (χ4n) is 3.90. The first-order valence-corrected chi connectivity index (χ1v) is 11.3. The summed E-state index contributed by atoms with van der Waals surface area (Å²) in [6.45, 7) is 3.38. The Morgan fingerprint density at radius 1 is 1.23 bits per heavy atom. The minimum absolute atomic E-state index is 0.0393. The monoisotopic (exact) mass is 449 g/mol. The minimum atomic E-state index is -0.168. The van der Waals surface area contributed by atoms with E-state index in [1.807, 2.05) is 21.9 Å². The fourth-order valence-corrected chi connectivity index (χ4v) is 4.67. The number of thiazole rings is 1. The Bertz CT molecular complexity index is 873.